The summed E-state index contributed by atoms with van der Waals surface area (Å²) in [6.07, 6.45) is -3.30. The van der Waals surface area contributed by atoms with Crippen molar-refractivity contribution in [2.75, 3.05) is 44.2 Å². The fourth-order valence-electron chi connectivity index (χ4n) is 3.43. The Morgan fingerprint density at radius 1 is 1.15 bits per heavy atom. The number of anilines is 2. The van der Waals surface area contributed by atoms with Gasteiger partial charge in [0.15, 0.2) is 9.84 Å². The minimum absolute atomic E-state index is 0.114. The summed E-state index contributed by atoms with van der Waals surface area (Å²) >= 11 is 0. The van der Waals surface area contributed by atoms with E-state index in [-0.39, 0.29) is 17.1 Å². The number of hydrogen-bond acceptors (Lipinski definition) is 5. The largest absolute Gasteiger partial charge is 0.495 e. The van der Waals surface area contributed by atoms with Gasteiger partial charge in [-0.05, 0) is 36.3 Å². The van der Waals surface area contributed by atoms with E-state index in [0.29, 0.717) is 22.3 Å². The van der Waals surface area contributed by atoms with Crippen LogP contribution in [0.3, 0.4) is 0 Å². The van der Waals surface area contributed by atoms with Crippen LogP contribution in [0.2, 0.25) is 0 Å². The van der Waals surface area contributed by atoms with Crippen LogP contribution in [-0.2, 0) is 16.4 Å². The van der Waals surface area contributed by atoms with Crippen molar-refractivity contribution >= 4 is 32.1 Å². The summed E-state index contributed by atoms with van der Waals surface area (Å²) in [5.41, 5.74) is 2.02. The van der Waals surface area contributed by atoms with E-state index in [4.69, 9.17) is 4.74 Å². The molecule has 0 amide bonds. The third-order valence-corrected chi connectivity index (χ3v) is 6.04. The van der Waals surface area contributed by atoms with Crippen molar-refractivity contribution in [2.45, 2.75) is 17.6 Å². The summed E-state index contributed by atoms with van der Waals surface area (Å²) in [5, 5.41) is 3.69. The van der Waals surface area contributed by atoms with Gasteiger partial charge >= 0.3 is 6.18 Å². The van der Waals surface area contributed by atoms with Crippen LogP contribution >= 0.6 is 0 Å². The Balaban J connectivity index is 1.91. The van der Waals surface area contributed by atoms with Crippen molar-refractivity contribution in [3.8, 4) is 17.6 Å². The van der Waals surface area contributed by atoms with Gasteiger partial charge in [0, 0.05) is 37.5 Å². The van der Waals surface area contributed by atoms with Crippen molar-refractivity contribution in [1.29, 1.82) is 0 Å². The zero-order chi connectivity index (χ0) is 24.4. The lowest BCUT2D eigenvalue weighted by Gasteiger charge is -2.15. The number of methoxy groups -OCH3 is 1. The van der Waals surface area contributed by atoms with Crippen molar-refractivity contribution in [2.24, 2.45) is 0 Å². The standard InChI is InChI=1S/C23H24F3N3O3S/c1-28(2)20-8-5-9-21-18(20)13-16(29(21)15-23(24,25)26)7-6-12-27-19-11-10-17(33(4,30)31)14-22(19)32-3/h5,8-11,13-14,27H,12,15H2,1-4H3. The number of nitrogens with zero attached hydrogens (tertiary/aromatic N) is 2. The normalized spacial score (nSPS) is 11.7. The predicted molar refractivity (Wildman–Crippen MR) is 124 cm³/mol. The minimum Gasteiger partial charge on any atom is -0.495 e. The monoisotopic (exact) mass is 479 g/mol. The van der Waals surface area contributed by atoms with Crippen molar-refractivity contribution < 1.29 is 26.3 Å². The first kappa shape index (κ1) is 24.3. The summed E-state index contributed by atoms with van der Waals surface area (Å²) in [4.78, 5) is 1.95. The second-order valence-electron chi connectivity index (χ2n) is 7.62. The lowest BCUT2D eigenvalue weighted by molar-refractivity contribution is -0.140. The summed E-state index contributed by atoms with van der Waals surface area (Å²) in [6.45, 7) is -1.03. The average Bonchev–Trinajstić information content (AvgIpc) is 3.06. The Bertz CT molecular complexity index is 1330. The molecule has 0 bridgehead atoms. The minimum atomic E-state index is -4.40. The average molecular weight is 480 g/mol. The van der Waals surface area contributed by atoms with E-state index in [1.807, 2.05) is 25.1 Å². The third kappa shape index (κ3) is 5.73. The third-order valence-electron chi connectivity index (χ3n) is 4.93. The smallest absolute Gasteiger partial charge is 0.406 e. The Labute approximate surface area is 190 Å². The SMILES string of the molecule is COc1cc(S(C)(=O)=O)ccc1NCC#Cc1cc2c(N(C)C)cccc2n1CC(F)(F)F. The summed E-state index contributed by atoms with van der Waals surface area (Å²) < 4.78 is 69.6. The molecule has 3 aromatic rings. The molecule has 0 aliphatic carbocycles. The quantitative estimate of drug-likeness (QED) is 0.539. The molecule has 1 N–H and O–H groups in total. The van der Waals surface area contributed by atoms with Crippen LogP contribution in [0.4, 0.5) is 24.5 Å². The molecular formula is C23H24F3N3O3S. The Kier molecular flexibility index (Phi) is 6.84. The summed E-state index contributed by atoms with van der Waals surface area (Å²) in [6, 6.07) is 11.3. The number of halogens is 3. The Hall–Kier alpha value is -3.32. The maximum absolute atomic E-state index is 13.2. The van der Waals surface area contributed by atoms with Crippen molar-refractivity contribution in [1.82, 2.24) is 4.57 Å². The van der Waals surface area contributed by atoms with E-state index in [2.05, 4.69) is 17.2 Å². The molecule has 33 heavy (non-hydrogen) atoms. The van der Waals surface area contributed by atoms with Gasteiger partial charge in [-0.2, -0.15) is 13.2 Å². The highest BCUT2D eigenvalue weighted by atomic mass is 32.2. The highest BCUT2D eigenvalue weighted by Crippen LogP contribution is 2.31. The number of hydrogen-bond donors (Lipinski definition) is 1. The number of fused-ring (bicyclic) bond motifs is 1. The van der Waals surface area contributed by atoms with Crippen LogP contribution < -0.4 is 15.0 Å². The van der Waals surface area contributed by atoms with Crippen LogP contribution in [0.15, 0.2) is 47.4 Å². The van der Waals surface area contributed by atoms with Gasteiger partial charge in [0.2, 0.25) is 0 Å². The highest BCUT2D eigenvalue weighted by Gasteiger charge is 2.30. The van der Waals surface area contributed by atoms with Crippen molar-refractivity contribution in [3.63, 3.8) is 0 Å². The van der Waals surface area contributed by atoms with Gasteiger partial charge in [0.25, 0.3) is 0 Å². The molecule has 0 atom stereocenters. The first-order valence-corrected chi connectivity index (χ1v) is 11.8. The maximum atomic E-state index is 13.2. The van der Waals surface area contributed by atoms with Gasteiger partial charge in [-0.25, -0.2) is 8.42 Å². The number of ether oxygens (including phenoxy) is 1. The van der Waals surface area contributed by atoms with Crippen LogP contribution in [0.1, 0.15) is 5.69 Å². The number of aromatic nitrogens is 1. The van der Waals surface area contributed by atoms with Gasteiger partial charge < -0.3 is 19.5 Å². The highest BCUT2D eigenvalue weighted by molar-refractivity contribution is 7.90. The second-order valence-corrected chi connectivity index (χ2v) is 9.64. The van der Waals surface area contributed by atoms with Crippen LogP contribution in [0, 0.1) is 11.8 Å². The van der Waals surface area contributed by atoms with Gasteiger partial charge in [-0.15, -0.1) is 0 Å². The fraction of sp³-hybridized carbons (Fsp3) is 0.304. The van der Waals surface area contributed by atoms with Crippen LogP contribution in [0.5, 0.6) is 5.75 Å². The molecule has 0 aliphatic heterocycles. The predicted octanol–water partition coefficient (Wildman–Crippen LogP) is 4.15. The molecule has 0 aliphatic rings. The molecule has 1 aromatic heterocycles. The van der Waals surface area contributed by atoms with E-state index in [1.54, 1.807) is 24.3 Å². The molecular weight excluding hydrogens is 455 g/mol. The van der Waals surface area contributed by atoms with Crippen molar-refractivity contribution in [3.05, 3.63) is 48.2 Å². The molecule has 0 fully saturated rings. The number of alkyl halides is 3. The van der Waals surface area contributed by atoms with Gasteiger partial charge in [0.05, 0.1) is 35.4 Å². The Morgan fingerprint density at radius 3 is 2.48 bits per heavy atom. The molecule has 0 spiro atoms. The molecule has 10 heteroatoms. The summed E-state index contributed by atoms with van der Waals surface area (Å²) in [5.74, 6) is 6.00. The zero-order valence-electron chi connectivity index (χ0n) is 18.6. The lowest BCUT2D eigenvalue weighted by Crippen LogP contribution is -2.18. The number of sulfone groups is 1. The number of benzene rings is 2. The van der Waals surface area contributed by atoms with Gasteiger partial charge in [-0.1, -0.05) is 12.0 Å². The second kappa shape index (κ2) is 9.27. The van der Waals surface area contributed by atoms with Crippen LogP contribution in [0.25, 0.3) is 10.9 Å². The first-order chi connectivity index (χ1) is 15.4. The Morgan fingerprint density at radius 2 is 1.88 bits per heavy atom. The first-order valence-electron chi connectivity index (χ1n) is 9.88. The number of rotatable bonds is 6. The van der Waals surface area contributed by atoms with E-state index in [1.165, 1.54) is 19.2 Å². The molecule has 0 radical (unpaired) electrons. The topological polar surface area (TPSA) is 63.6 Å². The van der Waals surface area contributed by atoms with Gasteiger partial charge in [-0.3, -0.25) is 0 Å². The molecule has 0 saturated carbocycles. The van der Waals surface area contributed by atoms with E-state index in [9.17, 15) is 21.6 Å². The zero-order valence-corrected chi connectivity index (χ0v) is 19.4. The summed E-state index contributed by atoms with van der Waals surface area (Å²) in [7, 11) is 1.68. The molecule has 0 saturated heterocycles. The molecule has 3 rings (SSSR count). The number of nitrogens with one attached hydrogen (secondary N) is 1. The van der Waals surface area contributed by atoms with E-state index < -0.39 is 22.6 Å². The lowest BCUT2D eigenvalue weighted by atomic mass is 10.2. The molecule has 0 unspecified atom stereocenters. The molecule has 176 valence electrons. The van der Waals surface area contributed by atoms with E-state index in [0.717, 1.165) is 16.5 Å². The fourth-order valence-corrected chi connectivity index (χ4v) is 4.07. The van der Waals surface area contributed by atoms with Crippen LogP contribution in [-0.4, -0.2) is 53.2 Å². The van der Waals surface area contributed by atoms with Gasteiger partial charge in [0.1, 0.15) is 12.3 Å². The maximum Gasteiger partial charge on any atom is 0.406 e. The molecule has 6 nitrogen and oxygen atoms in total. The molecule has 1 heterocycles. The van der Waals surface area contributed by atoms with E-state index >= 15 is 0 Å². The molecule has 2 aromatic carbocycles.